The molecule has 21 heteroatoms. The molecule has 9 N–H and O–H groups in total. The molecule has 0 spiro atoms. The highest BCUT2D eigenvalue weighted by atomic mass is 31.3. The lowest BCUT2D eigenvalue weighted by atomic mass is 10.2. The average molecular weight is 509 g/mol. The van der Waals surface area contributed by atoms with Crippen LogP contribution in [0.5, 0.6) is 0 Å². The number of fused-ring (bicyclic) bond motifs is 1. The number of ether oxygens (including phenoxy) is 1. The number of nitrogens with one attached hydrogen (secondary N) is 2. The van der Waals surface area contributed by atoms with Crippen molar-refractivity contribution in [1.29, 1.82) is 0 Å². The quantitative estimate of drug-likeness (QED) is 0.157. The van der Waals surface area contributed by atoms with E-state index in [0.717, 1.165) is 4.57 Å². The molecule has 0 aliphatic carbocycles. The number of aliphatic hydroxyl groups excluding tert-OH is 1. The van der Waals surface area contributed by atoms with Gasteiger partial charge in [-0.1, -0.05) is 0 Å². The molecule has 3 heterocycles. The maximum Gasteiger partial charge on any atom is 0.490 e. The fourth-order valence-electron chi connectivity index (χ4n) is 2.83. The normalized spacial score (nSPS) is 27.6. The Hall–Kier alpha value is -1.39. The van der Waals surface area contributed by atoms with Gasteiger partial charge in [0.1, 0.15) is 30.2 Å². The molecule has 18 nitrogen and oxygen atoms in total. The van der Waals surface area contributed by atoms with Crippen molar-refractivity contribution in [2.24, 2.45) is 10.7 Å². The lowest BCUT2D eigenvalue weighted by molar-refractivity contribution is -0.0457. The molecular weight excluding hydrogens is 491 g/mol. The predicted octanol–water partition coefficient (Wildman–Crippen LogP) is -3.63. The number of aliphatic hydroxyl groups is 1. The smallest absolute Gasteiger partial charge is 0.390 e. The van der Waals surface area contributed by atoms with Gasteiger partial charge in [-0.3, -0.25) is 4.52 Å². The Morgan fingerprint density at radius 2 is 1.87 bits per heavy atom. The third-order valence-electron chi connectivity index (χ3n) is 3.98. The molecular formula is C10H18N5O13P3. The molecule has 1 saturated heterocycles. The zero-order valence-electron chi connectivity index (χ0n) is 15.2. The highest BCUT2D eigenvalue weighted by Gasteiger charge is 2.43. The van der Waals surface area contributed by atoms with Gasteiger partial charge >= 0.3 is 29.2 Å². The lowest BCUT2D eigenvalue weighted by Gasteiger charge is -2.19. The van der Waals surface area contributed by atoms with E-state index < -0.39 is 54.2 Å². The van der Waals surface area contributed by atoms with E-state index >= 15 is 0 Å². The number of hydrogen-bond acceptors (Lipinski definition) is 12. The van der Waals surface area contributed by atoms with E-state index in [4.69, 9.17) is 25.2 Å². The van der Waals surface area contributed by atoms with Crippen LogP contribution in [0.15, 0.2) is 9.79 Å². The maximum absolute atomic E-state index is 12.3. The third kappa shape index (κ3) is 5.90. The van der Waals surface area contributed by atoms with Crippen molar-refractivity contribution in [3.05, 3.63) is 21.3 Å². The van der Waals surface area contributed by atoms with Gasteiger partial charge in [-0.05, 0) is 0 Å². The number of hydrogen-bond donors (Lipinski definition) is 8. The second kappa shape index (κ2) is 8.51. The Morgan fingerprint density at radius 1 is 1.19 bits per heavy atom. The first kappa shape index (κ1) is 24.3. The van der Waals surface area contributed by atoms with Crippen LogP contribution in [0.25, 0.3) is 5.82 Å². The van der Waals surface area contributed by atoms with Gasteiger partial charge in [0, 0.05) is 6.42 Å². The van der Waals surface area contributed by atoms with E-state index in [2.05, 4.69) is 28.4 Å². The largest absolute Gasteiger partial charge is 0.490 e. The first-order chi connectivity index (χ1) is 14.2. The van der Waals surface area contributed by atoms with Crippen molar-refractivity contribution >= 4 is 29.3 Å². The van der Waals surface area contributed by atoms with Gasteiger partial charge in [-0.15, -0.1) is 0 Å². The first-order valence-electron chi connectivity index (χ1n) is 8.18. The summed E-state index contributed by atoms with van der Waals surface area (Å²) in [6, 6.07) is 0. The minimum Gasteiger partial charge on any atom is -0.390 e. The van der Waals surface area contributed by atoms with Gasteiger partial charge in [0.05, 0.1) is 12.7 Å². The highest BCUT2D eigenvalue weighted by molar-refractivity contribution is 7.66. The van der Waals surface area contributed by atoms with Crippen molar-refractivity contribution in [2.45, 2.75) is 24.9 Å². The van der Waals surface area contributed by atoms with Crippen LogP contribution in [0, 0.1) is 0 Å². The molecule has 1 aromatic heterocycles. The maximum atomic E-state index is 12.3. The fourth-order valence-corrected chi connectivity index (χ4v) is 5.86. The Bertz CT molecular complexity index is 1170. The minimum absolute atomic E-state index is 0.0842. The van der Waals surface area contributed by atoms with E-state index in [1.54, 1.807) is 0 Å². The van der Waals surface area contributed by atoms with Crippen LogP contribution in [0.2, 0.25) is 0 Å². The molecule has 0 radical (unpaired) electrons. The van der Waals surface area contributed by atoms with E-state index in [-0.39, 0.29) is 29.7 Å². The molecule has 0 amide bonds. The second-order valence-corrected chi connectivity index (χ2v) is 10.6. The van der Waals surface area contributed by atoms with Gasteiger partial charge in [0.2, 0.25) is 0 Å². The molecule has 31 heavy (non-hydrogen) atoms. The lowest BCUT2D eigenvalue weighted by Crippen LogP contribution is -2.44. The number of aromatic amines is 1. The summed E-state index contributed by atoms with van der Waals surface area (Å²) in [7, 11) is -16.6. The van der Waals surface area contributed by atoms with Crippen LogP contribution >= 0.6 is 23.5 Å². The van der Waals surface area contributed by atoms with E-state index in [1.807, 2.05) is 0 Å². The number of nitrogens with zero attached hydrogens (tertiary/aromatic N) is 2. The molecule has 0 saturated carbocycles. The number of imidazole rings is 1. The van der Waals surface area contributed by atoms with Crippen LogP contribution in [-0.2, 0) is 31.6 Å². The van der Waals surface area contributed by atoms with Crippen LogP contribution in [-0.4, -0.2) is 59.7 Å². The van der Waals surface area contributed by atoms with Crippen LogP contribution in [0.3, 0.4) is 0 Å². The third-order valence-corrected chi connectivity index (χ3v) is 7.78. The van der Waals surface area contributed by atoms with Gasteiger partial charge in [0.25, 0.3) is 0 Å². The van der Waals surface area contributed by atoms with Crippen molar-refractivity contribution in [2.75, 3.05) is 13.3 Å². The monoisotopic (exact) mass is 509 g/mol. The molecule has 2 aliphatic heterocycles. The molecule has 1 aromatic rings. The first-order valence-corrected chi connectivity index (χ1v) is 12.7. The van der Waals surface area contributed by atoms with E-state index in [1.165, 1.54) is 0 Å². The van der Waals surface area contributed by atoms with Crippen LogP contribution in [0.4, 0.5) is 0 Å². The zero-order valence-corrected chi connectivity index (χ0v) is 17.9. The highest BCUT2D eigenvalue weighted by Crippen LogP contribution is 2.66. The summed E-state index contributed by atoms with van der Waals surface area (Å²) < 4.78 is 51.9. The van der Waals surface area contributed by atoms with Gasteiger partial charge < -0.3 is 45.5 Å². The van der Waals surface area contributed by atoms with Gasteiger partial charge in [0.15, 0.2) is 5.49 Å². The zero-order chi connectivity index (χ0) is 23.2. The number of phosphoric ester groups is 1. The summed E-state index contributed by atoms with van der Waals surface area (Å²) in [5, 5.41) is 13.1. The minimum atomic E-state index is -5.68. The predicted molar refractivity (Wildman–Crippen MR) is 95.8 cm³/mol. The number of H-pyrrole nitrogens is 1. The summed E-state index contributed by atoms with van der Waals surface area (Å²) in [5.74, 6) is 0.170. The number of rotatable bonds is 8. The summed E-state index contributed by atoms with van der Waals surface area (Å²) >= 11 is 0. The summed E-state index contributed by atoms with van der Waals surface area (Å²) in [4.78, 5) is 54.4. The second-order valence-electron chi connectivity index (χ2n) is 6.22. The van der Waals surface area contributed by atoms with Gasteiger partial charge in [-0.25, -0.2) is 28.0 Å². The van der Waals surface area contributed by atoms with Crippen molar-refractivity contribution in [1.82, 2.24) is 14.9 Å². The average Bonchev–Trinajstić information content (AvgIpc) is 3.09. The van der Waals surface area contributed by atoms with Crippen molar-refractivity contribution in [3.63, 3.8) is 0 Å². The molecule has 3 rings (SSSR count). The summed E-state index contributed by atoms with van der Waals surface area (Å²) in [6.07, 6.45) is -3.82. The number of nitrogens with two attached hydrogens (primary N) is 1. The molecule has 0 bridgehead atoms. The molecule has 2 unspecified atom stereocenters. The van der Waals surface area contributed by atoms with E-state index in [0.29, 0.717) is 0 Å². The Balaban J connectivity index is 1.69. The van der Waals surface area contributed by atoms with E-state index in [9.17, 15) is 28.5 Å². The summed E-state index contributed by atoms with van der Waals surface area (Å²) in [5.41, 5.74) is 5.25. The standard InChI is InChI=1S/C10H18N5O13P3/c11-8-7-9(13-3-12-8)15(10(17)14-7)6-1-4(16)5(26-6)2-25-30(21,22)28-31(23,24)27-29(18,19)20/h4-6,12,16H,1-3,11H2,(H,14,17)(H,21,22)(H,23,24)(H2,18,19,20)/t4-,5+,6+/m0/s1. The Labute approximate surface area is 171 Å². The van der Waals surface area contributed by atoms with Crippen molar-refractivity contribution in [3.8, 4) is 0 Å². The molecule has 0 aromatic carbocycles. The van der Waals surface area contributed by atoms with Crippen molar-refractivity contribution < 1.29 is 56.3 Å². The molecule has 5 atom stereocenters. The molecule has 1 fully saturated rings. The molecule has 176 valence electrons. The molecule has 2 aliphatic rings. The SMILES string of the molecule is NC1=c2[nH]c(=O)n([C@H]3C[C@H](O)[C@@H](COP(=O)(O)OP(=O)(O)OP(=O)(O)O)O3)c2=NCN1. The fraction of sp³-hybridized carbons (Fsp3) is 0.600. The topological polar surface area (TPSA) is 277 Å². The number of aromatic nitrogens is 2. The van der Waals surface area contributed by atoms with Gasteiger partial charge in [-0.2, -0.15) is 8.62 Å². The van der Waals surface area contributed by atoms with Crippen LogP contribution in [0.1, 0.15) is 12.6 Å². The Morgan fingerprint density at radius 3 is 2.52 bits per heavy atom. The number of phosphoric acid groups is 3. The Kier molecular flexibility index (Phi) is 6.66. The van der Waals surface area contributed by atoms with Crippen LogP contribution < -0.4 is 27.6 Å². The summed E-state index contributed by atoms with van der Waals surface area (Å²) in [6.45, 7) is -0.781.